The molecule has 0 unspecified atom stereocenters. The molecule has 2 aliphatic rings. The van der Waals surface area contributed by atoms with Crippen LogP contribution < -0.4 is 5.56 Å². The van der Waals surface area contributed by atoms with Gasteiger partial charge in [0.05, 0.1) is 24.0 Å². The van der Waals surface area contributed by atoms with E-state index in [1.165, 1.54) is 17.1 Å². The highest BCUT2D eigenvalue weighted by atomic mass is 35.5. The van der Waals surface area contributed by atoms with E-state index in [0.29, 0.717) is 42.0 Å². The molecule has 36 heavy (non-hydrogen) atoms. The zero-order chi connectivity index (χ0) is 24.9. The largest absolute Gasteiger partial charge is 0.388 e. The van der Waals surface area contributed by atoms with Crippen molar-refractivity contribution >= 4 is 28.5 Å². The number of aliphatic hydroxyl groups is 1. The maximum atomic E-state index is 13.2. The van der Waals surface area contributed by atoms with Crippen LogP contribution in [0, 0.1) is 5.92 Å². The van der Waals surface area contributed by atoms with Gasteiger partial charge in [-0.1, -0.05) is 41.9 Å². The van der Waals surface area contributed by atoms with Crippen LogP contribution in [-0.2, 0) is 11.3 Å². The lowest BCUT2D eigenvalue weighted by Gasteiger charge is -2.38. The number of carbonyl (C=O) groups excluding carboxylic acids is 1. The highest BCUT2D eigenvalue weighted by Gasteiger charge is 2.39. The minimum atomic E-state index is -1.05. The number of likely N-dealkylation sites (tertiary alicyclic amines) is 1. The molecule has 1 saturated heterocycles. The molecule has 1 N–H and O–H groups in total. The molecule has 0 atom stereocenters. The molecule has 1 aliphatic heterocycles. The van der Waals surface area contributed by atoms with E-state index in [-0.39, 0.29) is 23.9 Å². The second-order valence-corrected chi connectivity index (χ2v) is 10.2. The van der Waals surface area contributed by atoms with Gasteiger partial charge in [0.15, 0.2) is 5.65 Å². The van der Waals surface area contributed by atoms with Gasteiger partial charge in [-0.15, -0.1) is 0 Å². The highest BCUT2D eigenvalue weighted by molar-refractivity contribution is 6.33. The third-order valence-electron chi connectivity index (χ3n) is 7.25. The molecule has 6 rings (SSSR count). The van der Waals surface area contributed by atoms with E-state index in [0.717, 1.165) is 29.7 Å². The molecular weight excluding hydrogens is 478 g/mol. The summed E-state index contributed by atoms with van der Waals surface area (Å²) in [4.78, 5) is 31.9. The van der Waals surface area contributed by atoms with Gasteiger partial charge in [-0.3, -0.25) is 14.2 Å². The number of benzene rings is 2. The molecule has 0 spiro atoms. The number of fused-ring (bicyclic) bond motifs is 1. The van der Waals surface area contributed by atoms with Crippen molar-refractivity contribution in [1.82, 2.24) is 24.2 Å². The van der Waals surface area contributed by atoms with E-state index >= 15 is 0 Å². The summed E-state index contributed by atoms with van der Waals surface area (Å²) in [7, 11) is 0. The molecule has 2 aromatic heterocycles. The van der Waals surface area contributed by atoms with Crippen molar-refractivity contribution in [2.45, 2.75) is 37.8 Å². The number of aromatic nitrogens is 4. The lowest BCUT2D eigenvalue weighted by Crippen LogP contribution is -2.50. The Kier molecular flexibility index (Phi) is 5.65. The van der Waals surface area contributed by atoms with Gasteiger partial charge in [-0.25, -0.2) is 9.67 Å². The number of hydrogen-bond donors (Lipinski definition) is 1. The smallest absolute Gasteiger partial charge is 0.264 e. The summed E-state index contributed by atoms with van der Waals surface area (Å²) < 4.78 is 3.08. The fourth-order valence-electron chi connectivity index (χ4n) is 4.93. The number of hydrogen-bond acceptors (Lipinski definition) is 5. The van der Waals surface area contributed by atoms with E-state index < -0.39 is 5.60 Å². The van der Waals surface area contributed by atoms with Crippen LogP contribution in [0.15, 0.2) is 65.8 Å². The number of piperidine rings is 1. The number of halogens is 1. The molecule has 184 valence electrons. The Morgan fingerprint density at radius 1 is 1.08 bits per heavy atom. The minimum absolute atomic E-state index is 0.137. The predicted molar refractivity (Wildman–Crippen MR) is 137 cm³/mol. The number of nitrogens with zero attached hydrogens (tertiary/aromatic N) is 5. The molecule has 9 heteroatoms. The first-order valence-electron chi connectivity index (χ1n) is 12.2. The van der Waals surface area contributed by atoms with Crippen LogP contribution in [-0.4, -0.2) is 53.9 Å². The molecule has 1 amide bonds. The standard InChI is InChI=1S/C27H26ClN5O3/c28-23-4-2-1-3-21(23)18-7-9-20(10-8-18)33-24-22(15-30-33)26(35)32(17-29-24)16-27(36)11-13-31(14-12-27)25(34)19-5-6-19/h1-4,7-10,15,17,19,36H,5-6,11-14,16H2. The first-order valence-corrected chi connectivity index (χ1v) is 12.6. The minimum Gasteiger partial charge on any atom is -0.388 e. The van der Waals surface area contributed by atoms with Crippen molar-refractivity contribution in [3.63, 3.8) is 0 Å². The van der Waals surface area contributed by atoms with Crippen LogP contribution in [0.25, 0.3) is 27.8 Å². The van der Waals surface area contributed by atoms with E-state index in [4.69, 9.17) is 11.6 Å². The summed E-state index contributed by atoms with van der Waals surface area (Å²) in [5, 5.41) is 16.6. The van der Waals surface area contributed by atoms with Gasteiger partial charge in [0.2, 0.25) is 5.91 Å². The molecule has 1 saturated carbocycles. The zero-order valence-corrected chi connectivity index (χ0v) is 20.4. The predicted octanol–water partition coefficient (Wildman–Crippen LogP) is 3.67. The molecular formula is C27H26ClN5O3. The van der Waals surface area contributed by atoms with Gasteiger partial charge in [0.1, 0.15) is 11.7 Å². The topological polar surface area (TPSA) is 93.2 Å². The molecule has 2 aromatic carbocycles. The summed E-state index contributed by atoms with van der Waals surface area (Å²) >= 11 is 6.32. The van der Waals surface area contributed by atoms with Crippen LogP contribution in [0.5, 0.6) is 0 Å². The van der Waals surface area contributed by atoms with Crippen LogP contribution in [0.1, 0.15) is 25.7 Å². The van der Waals surface area contributed by atoms with Gasteiger partial charge < -0.3 is 10.0 Å². The number of amides is 1. The maximum absolute atomic E-state index is 13.2. The Morgan fingerprint density at radius 2 is 1.81 bits per heavy atom. The maximum Gasteiger partial charge on any atom is 0.264 e. The summed E-state index contributed by atoms with van der Waals surface area (Å²) in [6.07, 6.45) is 5.81. The quantitative estimate of drug-likeness (QED) is 0.448. The first kappa shape index (κ1) is 22.9. The molecule has 1 aliphatic carbocycles. The van der Waals surface area contributed by atoms with E-state index in [2.05, 4.69) is 10.1 Å². The van der Waals surface area contributed by atoms with Crippen LogP contribution in [0.4, 0.5) is 0 Å². The van der Waals surface area contributed by atoms with Crippen molar-refractivity contribution in [3.05, 3.63) is 76.4 Å². The van der Waals surface area contributed by atoms with E-state index in [1.54, 1.807) is 4.68 Å². The van der Waals surface area contributed by atoms with Gasteiger partial charge in [0, 0.05) is 29.6 Å². The second-order valence-electron chi connectivity index (χ2n) is 9.82. The van der Waals surface area contributed by atoms with Crippen molar-refractivity contribution in [1.29, 1.82) is 0 Å². The summed E-state index contributed by atoms with van der Waals surface area (Å²) in [6, 6.07) is 15.4. The normalized spacial score (nSPS) is 17.4. The van der Waals surface area contributed by atoms with Crippen molar-refractivity contribution < 1.29 is 9.90 Å². The number of rotatable bonds is 5. The molecule has 8 nitrogen and oxygen atoms in total. The molecule has 0 bridgehead atoms. The Bertz CT molecular complexity index is 1500. The fraction of sp³-hybridized carbons (Fsp3) is 0.333. The van der Waals surface area contributed by atoms with Crippen molar-refractivity contribution in [2.75, 3.05) is 13.1 Å². The average molecular weight is 504 g/mol. The van der Waals surface area contributed by atoms with Gasteiger partial charge >= 0.3 is 0 Å². The lowest BCUT2D eigenvalue weighted by molar-refractivity contribution is -0.137. The van der Waals surface area contributed by atoms with Crippen LogP contribution in [0.2, 0.25) is 5.02 Å². The van der Waals surface area contributed by atoms with E-state index in [1.807, 2.05) is 53.4 Å². The second kappa shape index (κ2) is 8.87. The Labute approximate surface area is 212 Å². The van der Waals surface area contributed by atoms with E-state index in [9.17, 15) is 14.7 Å². The molecule has 3 heterocycles. The Balaban J connectivity index is 1.22. The van der Waals surface area contributed by atoms with Crippen molar-refractivity contribution in [2.24, 2.45) is 5.92 Å². The highest BCUT2D eigenvalue weighted by Crippen LogP contribution is 2.33. The number of carbonyl (C=O) groups is 1. The van der Waals surface area contributed by atoms with Crippen LogP contribution >= 0.6 is 11.6 Å². The monoisotopic (exact) mass is 503 g/mol. The SMILES string of the molecule is O=C(C1CC1)N1CCC(O)(Cn2cnc3c(cnn3-c3ccc(-c4ccccc4Cl)cc3)c2=O)CC1. The summed E-state index contributed by atoms with van der Waals surface area (Å²) in [6.45, 7) is 1.16. The molecule has 2 fully saturated rings. The van der Waals surface area contributed by atoms with Gasteiger partial charge in [-0.05, 0) is 49.4 Å². The summed E-state index contributed by atoms with van der Waals surface area (Å²) in [5.41, 5.74) is 1.86. The Hall–Kier alpha value is -3.49. The lowest BCUT2D eigenvalue weighted by atomic mass is 9.91. The van der Waals surface area contributed by atoms with Crippen LogP contribution in [0.3, 0.4) is 0 Å². The Morgan fingerprint density at radius 3 is 2.50 bits per heavy atom. The average Bonchev–Trinajstić information content (AvgIpc) is 3.65. The fourth-order valence-corrected chi connectivity index (χ4v) is 5.18. The summed E-state index contributed by atoms with van der Waals surface area (Å²) in [5.74, 6) is 0.374. The zero-order valence-electron chi connectivity index (χ0n) is 19.7. The first-order chi connectivity index (χ1) is 17.4. The van der Waals surface area contributed by atoms with Crippen molar-refractivity contribution in [3.8, 4) is 16.8 Å². The van der Waals surface area contributed by atoms with Gasteiger partial charge in [-0.2, -0.15) is 5.10 Å². The third kappa shape index (κ3) is 4.20. The molecule has 4 aromatic rings. The van der Waals surface area contributed by atoms with Gasteiger partial charge in [0.25, 0.3) is 5.56 Å². The molecule has 0 radical (unpaired) electrons. The third-order valence-corrected chi connectivity index (χ3v) is 7.58.